The van der Waals surface area contributed by atoms with E-state index in [1.54, 1.807) is 19.9 Å². The summed E-state index contributed by atoms with van der Waals surface area (Å²) < 4.78 is 13.7. The van der Waals surface area contributed by atoms with Crippen molar-refractivity contribution in [3.05, 3.63) is 52.1 Å². The number of carbonyl (C=O) groups is 3. The molecule has 0 fully saturated rings. The van der Waals surface area contributed by atoms with Crippen LogP contribution in [-0.4, -0.2) is 58.5 Å². The number of nitrogens with one attached hydrogen (secondary N) is 3. The highest BCUT2D eigenvalue weighted by Gasteiger charge is 2.26. The molecule has 1 aliphatic heterocycles. The molecule has 0 aliphatic carbocycles. The van der Waals surface area contributed by atoms with Gasteiger partial charge in [-0.25, -0.2) is 4.39 Å². The van der Waals surface area contributed by atoms with E-state index >= 15 is 0 Å². The first-order valence-corrected chi connectivity index (χ1v) is 10.9. The predicted molar refractivity (Wildman–Crippen MR) is 124 cm³/mol. The van der Waals surface area contributed by atoms with Gasteiger partial charge in [-0.1, -0.05) is 0 Å². The first kappa shape index (κ1) is 24.2. The monoisotopic (exact) mass is 456 g/mol. The van der Waals surface area contributed by atoms with Crippen LogP contribution < -0.4 is 10.6 Å². The Labute approximate surface area is 191 Å². The van der Waals surface area contributed by atoms with Gasteiger partial charge in [0.05, 0.1) is 11.1 Å². The summed E-state index contributed by atoms with van der Waals surface area (Å²) in [5.41, 5.74) is 3.53. The first-order valence-electron chi connectivity index (χ1n) is 10.9. The van der Waals surface area contributed by atoms with Crippen molar-refractivity contribution < 1.29 is 23.9 Å². The zero-order valence-corrected chi connectivity index (χ0v) is 19.2. The average molecular weight is 457 g/mol. The summed E-state index contributed by atoms with van der Waals surface area (Å²) in [5, 5.41) is 15.6. The summed E-state index contributed by atoms with van der Waals surface area (Å²) in [6.07, 6.45) is 0.523. The minimum Gasteiger partial charge on any atom is -0.383 e. The van der Waals surface area contributed by atoms with E-state index in [4.69, 9.17) is 0 Å². The van der Waals surface area contributed by atoms with Crippen LogP contribution >= 0.6 is 0 Å². The van der Waals surface area contributed by atoms with Crippen molar-refractivity contribution in [2.24, 2.45) is 0 Å². The number of aromatic nitrogens is 1. The number of aliphatic hydroxyl groups is 1. The molecular weight excluding hydrogens is 427 g/mol. The zero-order valence-electron chi connectivity index (χ0n) is 19.2. The van der Waals surface area contributed by atoms with Gasteiger partial charge in [0.15, 0.2) is 0 Å². The topological polar surface area (TPSA) is 115 Å². The van der Waals surface area contributed by atoms with Gasteiger partial charge >= 0.3 is 0 Å². The molecule has 176 valence electrons. The summed E-state index contributed by atoms with van der Waals surface area (Å²) >= 11 is 0. The number of aryl methyl sites for hydroxylation is 1. The van der Waals surface area contributed by atoms with E-state index in [0.717, 1.165) is 0 Å². The van der Waals surface area contributed by atoms with Crippen LogP contribution in [0.15, 0.2) is 18.2 Å². The second kappa shape index (κ2) is 9.99. The number of anilines is 1. The van der Waals surface area contributed by atoms with Gasteiger partial charge in [-0.15, -0.1) is 0 Å². The standard InChI is InChI=1S/C24H29FN4O4/c1-5-29(6-2)24(33)20(30)9-10-26-23(32)21-13(3)19(27-14(21)4)12-17-16-11-15(25)7-8-18(16)28-22(17)31/h7-8,11-12,20,27,30H,5-6,9-10H2,1-4H3,(H,26,32)(H,28,31)/t20-/m0/s1. The number of rotatable bonds is 8. The smallest absolute Gasteiger partial charge is 0.256 e. The van der Waals surface area contributed by atoms with Crippen molar-refractivity contribution in [1.82, 2.24) is 15.2 Å². The Morgan fingerprint density at radius 3 is 2.61 bits per heavy atom. The molecule has 0 unspecified atom stereocenters. The first-order chi connectivity index (χ1) is 15.7. The number of halogens is 1. The van der Waals surface area contributed by atoms with Crippen molar-refractivity contribution in [1.29, 1.82) is 0 Å². The van der Waals surface area contributed by atoms with Crippen LogP contribution in [0.2, 0.25) is 0 Å². The molecule has 1 aromatic heterocycles. The summed E-state index contributed by atoms with van der Waals surface area (Å²) in [6, 6.07) is 4.08. The van der Waals surface area contributed by atoms with Crippen LogP contribution in [-0.2, 0) is 9.59 Å². The highest BCUT2D eigenvalue weighted by Crippen LogP contribution is 2.34. The third kappa shape index (κ3) is 4.98. The van der Waals surface area contributed by atoms with Gasteiger partial charge < -0.3 is 25.6 Å². The number of amides is 3. The molecule has 0 saturated carbocycles. The molecule has 4 N–H and O–H groups in total. The third-order valence-corrected chi connectivity index (χ3v) is 5.82. The van der Waals surface area contributed by atoms with Gasteiger partial charge in [0.1, 0.15) is 11.9 Å². The van der Waals surface area contributed by atoms with Gasteiger partial charge in [-0.05, 0) is 64.0 Å². The molecule has 1 atom stereocenters. The Morgan fingerprint density at radius 1 is 1.24 bits per heavy atom. The molecule has 1 aliphatic rings. The van der Waals surface area contributed by atoms with E-state index in [-0.39, 0.29) is 30.7 Å². The number of aliphatic hydroxyl groups excluding tert-OH is 1. The second-order valence-electron chi connectivity index (χ2n) is 7.94. The maximum Gasteiger partial charge on any atom is 0.256 e. The predicted octanol–water partition coefficient (Wildman–Crippen LogP) is 2.61. The quantitative estimate of drug-likeness (QED) is 0.457. The lowest BCUT2D eigenvalue weighted by Crippen LogP contribution is -2.40. The van der Waals surface area contributed by atoms with E-state index in [1.807, 2.05) is 13.8 Å². The third-order valence-electron chi connectivity index (χ3n) is 5.82. The van der Waals surface area contributed by atoms with Gasteiger partial charge in [-0.3, -0.25) is 14.4 Å². The number of H-pyrrole nitrogens is 1. The maximum absolute atomic E-state index is 13.7. The summed E-state index contributed by atoms with van der Waals surface area (Å²) in [4.78, 5) is 42.0. The van der Waals surface area contributed by atoms with Crippen LogP contribution in [0.5, 0.6) is 0 Å². The lowest BCUT2D eigenvalue weighted by molar-refractivity contribution is -0.140. The fraction of sp³-hybridized carbons (Fsp3) is 0.375. The maximum atomic E-state index is 13.7. The molecule has 33 heavy (non-hydrogen) atoms. The van der Waals surface area contributed by atoms with E-state index in [9.17, 15) is 23.9 Å². The van der Waals surface area contributed by atoms with Crippen LogP contribution in [0.25, 0.3) is 11.6 Å². The number of carbonyl (C=O) groups excluding carboxylic acids is 3. The Kier molecular flexibility index (Phi) is 7.33. The van der Waals surface area contributed by atoms with E-state index in [2.05, 4.69) is 15.6 Å². The Morgan fingerprint density at radius 2 is 1.94 bits per heavy atom. The molecule has 0 bridgehead atoms. The number of hydrogen-bond acceptors (Lipinski definition) is 4. The molecular formula is C24H29FN4O4. The van der Waals surface area contributed by atoms with Crippen LogP contribution in [0.3, 0.4) is 0 Å². The van der Waals surface area contributed by atoms with Crippen molar-refractivity contribution in [2.75, 3.05) is 25.0 Å². The normalized spacial score (nSPS) is 14.7. The van der Waals surface area contributed by atoms with E-state index < -0.39 is 11.9 Å². The SMILES string of the molecule is CCN(CC)C(=O)[C@@H](O)CCNC(=O)c1c(C)[nH]c(C=C2C(=O)Nc3ccc(F)cc32)c1C. The van der Waals surface area contributed by atoms with Gasteiger partial charge in [0, 0.05) is 42.3 Å². The largest absolute Gasteiger partial charge is 0.383 e. The molecule has 0 saturated heterocycles. The Hall–Kier alpha value is -3.46. The number of nitrogens with zero attached hydrogens (tertiary/aromatic N) is 1. The molecule has 2 heterocycles. The van der Waals surface area contributed by atoms with Crippen LogP contribution in [0.4, 0.5) is 10.1 Å². The van der Waals surface area contributed by atoms with Gasteiger partial charge in [0.2, 0.25) is 0 Å². The highest BCUT2D eigenvalue weighted by atomic mass is 19.1. The molecule has 9 heteroatoms. The van der Waals surface area contributed by atoms with Crippen LogP contribution in [0, 0.1) is 19.7 Å². The zero-order chi connectivity index (χ0) is 24.3. The summed E-state index contributed by atoms with van der Waals surface area (Å²) in [7, 11) is 0. The lowest BCUT2D eigenvalue weighted by Gasteiger charge is -2.22. The van der Waals surface area contributed by atoms with E-state index in [1.165, 1.54) is 23.1 Å². The van der Waals surface area contributed by atoms with Crippen LogP contribution in [0.1, 0.15) is 53.1 Å². The second-order valence-corrected chi connectivity index (χ2v) is 7.94. The van der Waals surface area contributed by atoms with E-state index in [0.29, 0.717) is 52.4 Å². The minimum atomic E-state index is -1.18. The summed E-state index contributed by atoms with van der Waals surface area (Å²) in [6.45, 7) is 8.31. The Balaban J connectivity index is 1.73. The number of benzene rings is 1. The number of fused-ring (bicyclic) bond motifs is 1. The molecule has 8 nitrogen and oxygen atoms in total. The van der Waals surface area contributed by atoms with Crippen molar-refractivity contribution in [3.8, 4) is 0 Å². The van der Waals surface area contributed by atoms with Crippen molar-refractivity contribution in [2.45, 2.75) is 40.2 Å². The molecule has 1 aromatic carbocycles. The minimum absolute atomic E-state index is 0.100. The molecule has 2 aromatic rings. The molecule has 3 amide bonds. The Bertz CT molecular complexity index is 1120. The highest BCUT2D eigenvalue weighted by molar-refractivity contribution is 6.34. The van der Waals surface area contributed by atoms with Gasteiger partial charge in [0.25, 0.3) is 17.7 Å². The average Bonchev–Trinajstić information content (AvgIpc) is 3.23. The molecule has 3 rings (SSSR count). The number of aromatic amines is 1. The van der Waals surface area contributed by atoms with Crippen molar-refractivity contribution >= 4 is 35.1 Å². The molecule has 0 spiro atoms. The number of likely N-dealkylation sites (N-methyl/N-ethyl adjacent to an activating group) is 1. The lowest BCUT2D eigenvalue weighted by atomic mass is 10.0. The molecule has 0 radical (unpaired) electrons. The van der Waals surface area contributed by atoms with Gasteiger partial charge in [-0.2, -0.15) is 0 Å². The van der Waals surface area contributed by atoms with Crippen molar-refractivity contribution in [3.63, 3.8) is 0 Å². The fourth-order valence-corrected chi connectivity index (χ4v) is 3.99. The number of hydrogen-bond donors (Lipinski definition) is 4. The fourth-order valence-electron chi connectivity index (χ4n) is 3.99. The summed E-state index contributed by atoms with van der Waals surface area (Å²) in [5.74, 6) is -1.50.